The zero-order valence-corrected chi connectivity index (χ0v) is 19.8. The van der Waals surface area contributed by atoms with E-state index in [2.05, 4.69) is 6.92 Å². The van der Waals surface area contributed by atoms with Crippen LogP contribution in [0.1, 0.15) is 50.2 Å². The first-order valence-corrected chi connectivity index (χ1v) is 11.5. The van der Waals surface area contributed by atoms with Crippen molar-refractivity contribution in [3.05, 3.63) is 77.6 Å². The van der Waals surface area contributed by atoms with Crippen LogP contribution >= 0.6 is 0 Å². The molecule has 5 nitrogen and oxygen atoms in total. The fourth-order valence-electron chi connectivity index (χ4n) is 3.57. The van der Waals surface area contributed by atoms with Crippen molar-refractivity contribution in [2.24, 2.45) is 0 Å². The number of methoxy groups -OCH3 is 1. The number of aliphatic carboxylic acids is 1. The molecule has 3 rings (SSSR count). The molecule has 0 aliphatic carbocycles. The largest absolute Gasteiger partial charge is 0.497 e. The Hall–Kier alpha value is -3.54. The maximum atomic E-state index is 15.1. The Morgan fingerprint density at radius 1 is 1.03 bits per heavy atom. The number of halogens is 1. The van der Waals surface area contributed by atoms with Gasteiger partial charge in [0.2, 0.25) is 0 Å². The quantitative estimate of drug-likeness (QED) is 0.296. The van der Waals surface area contributed by atoms with E-state index in [1.165, 1.54) is 0 Å². The molecule has 0 aliphatic rings. The standard InChI is InChI=1S/C28H31FO5/c1-4-5-13-33-26-17-24(32-3)16-25(28(26)29)21-11-9-20(10-12-21)18-34-23-8-6-7-22(15-23)19(2)14-27(30)31/h6-12,15-17,19H,4-5,13-14,18H2,1-3H3,(H,30,31)/t19-/m1/s1. The minimum absolute atomic E-state index is 0.0666. The van der Waals surface area contributed by atoms with Gasteiger partial charge in [-0.3, -0.25) is 4.79 Å². The van der Waals surface area contributed by atoms with Crippen molar-refractivity contribution >= 4 is 5.97 Å². The molecule has 3 aromatic carbocycles. The van der Waals surface area contributed by atoms with Gasteiger partial charge in [-0.05, 0) is 47.2 Å². The van der Waals surface area contributed by atoms with Gasteiger partial charge in [0.25, 0.3) is 0 Å². The first kappa shape index (κ1) is 25.1. The molecule has 0 aliphatic heterocycles. The van der Waals surface area contributed by atoms with Gasteiger partial charge in [-0.1, -0.05) is 56.7 Å². The van der Waals surface area contributed by atoms with Crippen LogP contribution in [0.2, 0.25) is 0 Å². The van der Waals surface area contributed by atoms with Gasteiger partial charge >= 0.3 is 5.97 Å². The lowest BCUT2D eigenvalue weighted by atomic mass is 9.98. The van der Waals surface area contributed by atoms with Crippen LogP contribution in [-0.2, 0) is 11.4 Å². The maximum Gasteiger partial charge on any atom is 0.303 e. The molecule has 0 fully saturated rings. The molecule has 0 bridgehead atoms. The molecule has 0 unspecified atom stereocenters. The maximum absolute atomic E-state index is 15.1. The molecule has 6 heteroatoms. The van der Waals surface area contributed by atoms with Gasteiger partial charge in [0.1, 0.15) is 18.1 Å². The Balaban J connectivity index is 1.71. The number of unbranched alkanes of at least 4 members (excludes halogenated alkanes) is 1. The van der Waals surface area contributed by atoms with Crippen LogP contribution in [0.15, 0.2) is 60.7 Å². The van der Waals surface area contributed by atoms with E-state index in [-0.39, 0.29) is 18.1 Å². The lowest BCUT2D eigenvalue weighted by Gasteiger charge is -2.14. The molecule has 0 amide bonds. The molecular formula is C28H31FO5. The molecule has 1 atom stereocenters. The van der Waals surface area contributed by atoms with E-state index in [9.17, 15) is 4.79 Å². The third kappa shape index (κ3) is 6.73. The Bertz CT molecular complexity index is 1090. The zero-order valence-electron chi connectivity index (χ0n) is 19.8. The Morgan fingerprint density at radius 2 is 1.79 bits per heavy atom. The normalized spacial score (nSPS) is 11.6. The minimum Gasteiger partial charge on any atom is -0.497 e. The lowest BCUT2D eigenvalue weighted by Crippen LogP contribution is -2.03. The third-order valence-electron chi connectivity index (χ3n) is 5.58. The number of carboxylic acid groups (broad SMARTS) is 1. The summed E-state index contributed by atoms with van der Waals surface area (Å²) >= 11 is 0. The Labute approximate surface area is 200 Å². The number of carboxylic acids is 1. The van der Waals surface area contributed by atoms with Crippen molar-refractivity contribution in [2.45, 2.75) is 45.6 Å². The Kier molecular flexibility index (Phi) is 8.91. The molecule has 34 heavy (non-hydrogen) atoms. The van der Waals surface area contributed by atoms with Crippen molar-refractivity contribution in [2.75, 3.05) is 13.7 Å². The van der Waals surface area contributed by atoms with Gasteiger partial charge < -0.3 is 19.3 Å². The smallest absolute Gasteiger partial charge is 0.303 e. The summed E-state index contributed by atoms with van der Waals surface area (Å²) < 4.78 is 32.0. The molecule has 3 aromatic rings. The summed E-state index contributed by atoms with van der Waals surface area (Å²) in [6, 6.07) is 18.2. The van der Waals surface area contributed by atoms with E-state index in [0.717, 1.165) is 24.0 Å². The molecule has 0 saturated carbocycles. The van der Waals surface area contributed by atoms with Crippen LogP contribution < -0.4 is 14.2 Å². The highest BCUT2D eigenvalue weighted by atomic mass is 19.1. The van der Waals surface area contributed by atoms with Gasteiger partial charge in [0, 0.05) is 11.6 Å². The summed E-state index contributed by atoms with van der Waals surface area (Å²) in [5.41, 5.74) is 2.97. The van der Waals surface area contributed by atoms with Crippen molar-refractivity contribution < 1.29 is 28.5 Å². The topological polar surface area (TPSA) is 65.0 Å². The summed E-state index contributed by atoms with van der Waals surface area (Å²) in [5.74, 6) is 0.0548. The number of ether oxygens (including phenoxy) is 3. The first-order chi connectivity index (χ1) is 16.4. The molecular weight excluding hydrogens is 435 g/mol. The number of benzene rings is 3. The highest BCUT2D eigenvalue weighted by molar-refractivity contribution is 5.69. The van der Waals surface area contributed by atoms with Crippen LogP contribution in [0.3, 0.4) is 0 Å². The van der Waals surface area contributed by atoms with Crippen molar-refractivity contribution in [1.82, 2.24) is 0 Å². The third-order valence-corrected chi connectivity index (χ3v) is 5.58. The van der Waals surface area contributed by atoms with Crippen LogP contribution in [0.4, 0.5) is 4.39 Å². The average Bonchev–Trinajstić information content (AvgIpc) is 2.84. The van der Waals surface area contributed by atoms with Crippen molar-refractivity contribution in [3.8, 4) is 28.4 Å². The van der Waals surface area contributed by atoms with E-state index >= 15 is 4.39 Å². The fourth-order valence-corrected chi connectivity index (χ4v) is 3.57. The van der Waals surface area contributed by atoms with Gasteiger partial charge in [-0.15, -0.1) is 0 Å². The van der Waals surface area contributed by atoms with Gasteiger partial charge in [0.15, 0.2) is 11.6 Å². The van der Waals surface area contributed by atoms with Crippen LogP contribution in [0, 0.1) is 5.82 Å². The second-order valence-electron chi connectivity index (χ2n) is 8.25. The molecule has 1 N–H and O–H groups in total. The summed E-state index contributed by atoms with van der Waals surface area (Å²) in [5, 5.41) is 9.01. The predicted molar refractivity (Wildman–Crippen MR) is 130 cm³/mol. The van der Waals surface area contributed by atoms with Crippen molar-refractivity contribution in [1.29, 1.82) is 0 Å². The summed E-state index contributed by atoms with van der Waals surface area (Å²) in [7, 11) is 1.55. The summed E-state index contributed by atoms with van der Waals surface area (Å²) in [4.78, 5) is 11.0. The molecule has 0 radical (unpaired) electrons. The highest BCUT2D eigenvalue weighted by Gasteiger charge is 2.15. The summed E-state index contributed by atoms with van der Waals surface area (Å²) in [6.45, 7) is 4.72. The average molecular weight is 467 g/mol. The first-order valence-electron chi connectivity index (χ1n) is 11.5. The molecule has 0 saturated heterocycles. The van der Waals surface area contributed by atoms with Crippen molar-refractivity contribution in [3.63, 3.8) is 0 Å². The SMILES string of the molecule is CCCCOc1cc(OC)cc(-c2ccc(COc3cccc([C@H](C)CC(=O)O)c3)cc2)c1F. The zero-order chi connectivity index (χ0) is 24.5. The number of rotatable bonds is 12. The number of hydrogen-bond acceptors (Lipinski definition) is 4. The second-order valence-corrected chi connectivity index (χ2v) is 8.25. The van der Waals surface area contributed by atoms with E-state index in [0.29, 0.717) is 35.8 Å². The van der Waals surface area contributed by atoms with Crippen LogP contribution in [0.5, 0.6) is 17.2 Å². The van der Waals surface area contributed by atoms with Gasteiger partial charge in [0.05, 0.1) is 20.1 Å². The van der Waals surface area contributed by atoms with Gasteiger partial charge in [-0.2, -0.15) is 0 Å². The lowest BCUT2D eigenvalue weighted by molar-refractivity contribution is -0.137. The van der Waals surface area contributed by atoms with E-state index in [4.69, 9.17) is 19.3 Å². The van der Waals surface area contributed by atoms with E-state index in [1.54, 1.807) is 19.2 Å². The van der Waals surface area contributed by atoms with Crippen LogP contribution in [0.25, 0.3) is 11.1 Å². The van der Waals surface area contributed by atoms with E-state index < -0.39 is 11.8 Å². The minimum atomic E-state index is -0.828. The number of hydrogen-bond donors (Lipinski definition) is 1. The molecule has 0 spiro atoms. The summed E-state index contributed by atoms with van der Waals surface area (Å²) in [6.07, 6.45) is 1.88. The highest BCUT2D eigenvalue weighted by Crippen LogP contribution is 2.34. The van der Waals surface area contributed by atoms with E-state index in [1.807, 2.05) is 55.5 Å². The second kappa shape index (κ2) is 12.1. The molecule has 180 valence electrons. The molecule has 0 aromatic heterocycles. The monoisotopic (exact) mass is 466 g/mol. The van der Waals surface area contributed by atoms with Crippen LogP contribution in [-0.4, -0.2) is 24.8 Å². The fraction of sp³-hybridized carbons (Fsp3) is 0.321. The van der Waals surface area contributed by atoms with Gasteiger partial charge in [-0.25, -0.2) is 4.39 Å². The molecule has 0 heterocycles. The predicted octanol–water partition coefficient (Wildman–Crippen LogP) is 6.84. The Morgan fingerprint density at radius 3 is 2.47 bits per heavy atom. The number of carbonyl (C=O) groups is 1.